The highest BCUT2D eigenvalue weighted by Crippen LogP contribution is 2.22. The SMILES string of the molecule is Cc1c(Cl)cccc1NCCCOc1ccccc1. The van der Waals surface area contributed by atoms with Crippen molar-refractivity contribution >= 4 is 17.3 Å². The third kappa shape index (κ3) is 4.18. The molecular formula is C16H18ClNO. The van der Waals surface area contributed by atoms with Gasteiger partial charge in [0.15, 0.2) is 0 Å². The quantitative estimate of drug-likeness (QED) is 0.782. The Hall–Kier alpha value is -1.67. The number of benzene rings is 2. The van der Waals surface area contributed by atoms with E-state index in [2.05, 4.69) is 5.32 Å². The zero-order chi connectivity index (χ0) is 13.5. The van der Waals surface area contributed by atoms with Crippen molar-refractivity contribution in [3.05, 3.63) is 59.1 Å². The van der Waals surface area contributed by atoms with Crippen molar-refractivity contribution in [2.24, 2.45) is 0 Å². The van der Waals surface area contributed by atoms with Gasteiger partial charge in [-0.3, -0.25) is 0 Å². The van der Waals surface area contributed by atoms with Gasteiger partial charge in [-0.05, 0) is 43.2 Å². The van der Waals surface area contributed by atoms with Crippen LogP contribution in [0.5, 0.6) is 5.75 Å². The molecule has 0 aromatic heterocycles. The van der Waals surface area contributed by atoms with Crippen LogP contribution in [0.4, 0.5) is 5.69 Å². The summed E-state index contributed by atoms with van der Waals surface area (Å²) < 4.78 is 5.63. The van der Waals surface area contributed by atoms with E-state index in [4.69, 9.17) is 16.3 Å². The van der Waals surface area contributed by atoms with Crippen LogP contribution in [0.25, 0.3) is 0 Å². The largest absolute Gasteiger partial charge is 0.494 e. The lowest BCUT2D eigenvalue weighted by Gasteiger charge is -2.11. The summed E-state index contributed by atoms with van der Waals surface area (Å²) in [6.45, 7) is 3.59. The number of para-hydroxylation sites is 1. The maximum atomic E-state index is 6.07. The Labute approximate surface area is 119 Å². The van der Waals surface area contributed by atoms with Crippen molar-refractivity contribution in [2.45, 2.75) is 13.3 Å². The van der Waals surface area contributed by atoms with Crippen LogP contribution in [0.1, 0.15) is 12.0 Å². The second-order valence-corrected chi connectivity index (χ2v) is 4.76. The number of hydrogen-bond acceptors (Lipinski definition) is 2. The van der Waals surface area contributed by atoms with E-state index in [9.17, 15) is 0 Å². The van der Waals surface area contributed by atoms with Gasteiger partial charge in [-0.15, -0.1) is 0 Å². The maximum Gasteiger partial charge on any atom is 0.119 e. The van der Waals surface area contributed by atoms with Gasteiger partial charge in [0.2, 0.25) is 0 Å². The van der Waals surface area contributed by atoms with Crippen molar-refractivity contribution < 1.29 is 4.74 Å². The minimum Gasteiger partial charge on any atom is -0.494 e. The second-order valence-electron chi connectivity index (χ2n) is 4.35. The van der Waals surface area contributed by atoms with Gasteiger partial charge < -0.3 is 10.1 Å². The first-order valence-corrected chi connectivity index (χ1v) is 6.82. The van der Waals surface area contributed by atoms with Crippen LogP contribution in [0.15, 0.2) is 48.5 Å². The fraction of sp³-hybridized carbons (Fsp3) is 0.250. The lowest BCUT2D eigenvalue weighted by atomic mass is 10.2. The molecule has 0 unspecified atom stereocenters. The molecule has 19 heavy (non-hydrogen) atoms. The van der Waals surface area contributed by atoms with Gasteiger partial charge >= 0.3 is 0 Å². The number of rotatable bonds is 6. The van der Waals surface area contributed by atoms with Gasteiger partial charge in [-0.1, -0.05) is 35.9 Å². The number of ether oxygens (including phenoxy) is 1. The average molecular weight is 276 g/mol. The van der Waals surface area contributed by atoms with E-state index in [1.54, 1.807) is 0 Å². The zero-order valence-electron chi connectivity index (χ0n) is 11.0. The van der Waals surface area contributed by atoms with Crippen LogP contribution >= 0.6 is 11.6 Å². The summed E-state index contributed by atoms with van der Waals surface area (Å²) >= 11 is 6.07. The zero-order valence-corrected chi connectivity index (χ0v) is 11.8. The number of halogens is 1. The predicted octanol–water partition coefficient (Wildman–Crippen LogP) is 4.53. The highest BCUT2D eigenvalue weighted by Gasteiger charge is 2.00. The van der Waals surface area contributed by atoms with Crippen LogP contribution in [-0.4, -0.2) is 13.2 Å². The average Bonchev–Trinajstić information content (AvgIpc) is 2.44. The molecule has 2 aromatic carbocycles. The molecule has 2 rings (SSSR count). The molecule has 0 fully saturated rings. The third-order valence-corrected chi connectivity index (χ3v) is 3.33. The van der Waals surface area contributed by atoms with Crippen LogP contribution in [0, 0.1) is 6.92 Å². The minimum atomic E-state index is 0.705. The molecule has 3 heteroatoms. The van der Waals surface area contributed by atoms with Crippen LogP contribution in [-0.2, 0) is 0 Å². The molecule has 2 aromatic rings. The Bertz CT molecular complexity index is 513. The van der Waals surface area contributed by atoms with Gasteiger partial charge in [0.05, 0.1) is 6.61 Å². The van der Waals surface area contributed by atoms with Gasteiger partial charge in [-0.2, -0.15) is 0 Å². The summed E-state index contributed by atoms with van der Waals surface area (Å²) in [5.74, 6) is 0.918. The molecule has 0 atom stereocenters. The van der Waals surface area contributed by atoms with Crippen molar-refractivity contribution in [1.29, 1.82) is 0 Å². The molecule has 0 aliphatic carbocycles. The first-order valence-electron chi connectivity index (χ1n) is 6.44. The molecular weight excluding hydrogens is 258 g/mol. The molecule has 0 saturated heterocycles. The lowest BCUT2D eigenvalue weighted by molar-refractivity contribution is 0.315. The van der Waals surface area contributed by atoms with Crippen molar-refractivity contribution in [3.8, 4) is 5.75 Å². The molecule has 0 saturated carbocycles. The Kier molecular flexibility index (Phi) is 5.10. The van der Waals surface area contributed by atoms with Crippen molar-refractivity contribution in [1.82, 2.24) is 0 Å². The van der Waals surface area contributed by atoms with E-state index in [0.29, 0.717) is 6.61 Å². The van der Waals surface area contributed by atoms with E-state index in [1.165, 1.54) is 0 Å². The topological polar surface area (TPSA) is 21.3 Å². The summed E-state index contributed by atoms with van der Waals surface area (Å²) in [5.41, 5.74) is 2.18. The third-order valence-electron chi connectivity index (χ3n) is 2.92. The van der Waals surface area contributed by atoms with Crippen LogP contribution in [0.2, 0.25) is 5.02 Å². The predicted molar refractivity (Wildman–Crippen MR) is 81.2 cm³/mol. The normalized spacial score (nSPS) is 10.2. The summed E-state index contributed by atoms with van der Waals surface area (Å²) in [6.07, 6.45) is 0.945. The molecule has 0 radical (unpaired) electrons. The Morgan fingerprint density at radius 1 is 1.05 bits per heavy atom. The van der Waals surface area contributed by atoms with E-state index in [-0.39, 0.29) is 0 Å². The molecule has 0 bridgehead atoms. The molecule has 0 aliphatic heterocycles. The maximum absolute atomic E-state index is 6.07. The van der Waals surface area contributed by atoms with E-state index >= 15 is 0 Å². The van der Waals surface area contributed by atoms with E-state index in [0.717, 1.165) is 35.0 Å². The standard InChI is InChI=1S/C16H18ClNO/c1-13-15(17)9-5-10-16(13)18-11-6-12-19-14-7-3-2-4-8-14/h2-5,7-10,18H,6,11-12H2,1H3. The smallest absolute Gasteiger partial charge is 0.119 e. The summed E-state index contributed by atoms with van der Waals surface area (Å²) in [5, 5.41) is 4.17. The van der Waals surface area contributed by atoms with Crippen molar-refractivity contribution in [2.75, 3.05) is 18.5 Å². The Morgan fingerprint density at radius 2 is 1.84 bits per heavy atom. The molecule has 1 N–H and O–H groups in total. The van der Waals surface area contributed by atoms with Gasteiger partial charge in [0.1, 0.15) is 5.75 Å². The molecule has 0 spiro atoms. The van der Waals surface area contributed by atoms with Gasteiger partial charge in [0.25, 0.3) is 0 Å². The fourth-order valence-electron chi connectivity index (χ4n) is 1.80. The van der Waals surface area contributed by atoms with Crippen LogP contribution in [0.3, 0.4) is 0 Å². The second kappa shape index (κ2) is 7.05. The Morgan fingerprint density at radius 3 is 2.63 bits per heavy atom. The van der Waals surface area contributed by atoms with E-state index < -0.39 is 0 Å². The fourth-order valence-corrected chi connectivity index (χ4v) is 1.98. The highest BCUT2D eigenvalue weighted by atomic mass is 35.5. The molecule has 0 aliphatic rings. The van der Waals surface area contributed by atoms with Crippen molar-refractivity contribution in [3.63, 3.8) is 0 Å². The molecule has 2 nitrogen and oxygen atoms in total. The number of nitrogens with one attached hydrogen (secondary N) is 1. The first kappa shape index (κ1) is 13.8. The number of hydrogen-bond donors (Lipinski definition) is 1. The molecule has 100 valence electrons. The first-order chi connectivity index (χ1) is 9.27. The molecule has 0 amide bonds. The number of anilines is 1. The Balaban J connectivity index is 1.71. The molecule has 0 heterocycles. The van der Waals surface area contributed by atoms with E-state index in [1.807, 2.05) is 55.5 Å². The summed E-state index contributed by atoms with van der Waals surface area (Å²) in [4.78, 5) is 0. The van der Waals surface area contributed by atoms with Gasteiger partial charge in [0, 0.05) is 17.3 Å². The minimum absolute atomic E-state index is 0.705. The summed E-state index contributed by atoms with van der Waals surface area (Å²) in [6, 6.07) is 15.8. The monoisotopic (exact) mass is 275 g/mol. The summed E-state index contributed by atoms with van der Waals surface area (Å²) in [7, 11) is 0. The van der Waals surface area contributed by atoms with Gasteiger partial charge in [-0.25, -0.2) is 0 Å². The van der Waals surface area contributed by atoms with Crippen LogP contribution < -0.4 is 10.1 Å². The highest BCUT2D eigenvalue weighted by molar-refractivity contribution is 6.31. The lowest BCUT2D eigenvalue weighted by Crippen LogP contribution is -2.08.